The third kappa shape index (κ3) is 3.82. The van der Waals surface area contributed by atoms with E-state index >= 15 is 0 Å². The van der Waals surface area contributed by atoms with Crippen molar-refractivity contribution in [1.29, 1.82) is 0 Å². The second-order valence-electron chi connectivity index (χ2n) is 6.85. The van der Waals surface area contributed by atoms with Crippen molar-refractivity contribution in [3.8, 4) is 16.1 Å². The van der Waals surface area contributed by atoms with Gasteiger partial charge < -0.3 is 10.2 Å². The van der Waals surface area contributed by atoms with Crippen molar-refractivity contribution < 1.29 is 4.79 Å². The van der Waals surface area contributed by atoms with Crippen molar-refractivity contribution in [3.63, 3.8) is 0 Å². The fourth-order valence-electron chi connectivity index (χ4n) is 3.53. The molecule has 1 aromatic carbocycles. The minimum absolute atomic E-state index is 0.142. The lowest BCUT2D eigenvalue weighted by Crippen LogP contribution is -2.41. The molecular weight excluding hydrogens is 356 g/mol. The van der Waals surface area contributed by atoms with Crippen molar-refractivity contribution >= 4 is 17.2 Å². The van der Waals surface area contributed by atoms with Crippen molar-refractivity contribution in [1.82, 2.24) is 20.0 Å². The lowest BCUT2D eigenvalue weighted by atomic mass is 10.1. The summed E-state index contributed by atoms with van der Waals surface area (Å²) in [5.74, 6) is 0.142. The summed E-state index contributed by atoms with van der Waals surface area (Å²) in [6, 6.07) is 12.4. The van der Waals surface area contributed by atoms with Gasteiger partial charge >= 0.3 is 0 Å². The molecule has 1 amide bonds. The predicted molar refractivity (Wildman–Crippen MR) is 109 cm³/mol. The van der Waals surface area contributed by atoms with Gasteiger partial charge in [0.15, 0.2) is 0 Å². The third-order valence-corrected chi connectivity index (χ3v) is 5.91. The highest BCUT2D eigenvalue weighted by Crippen LogP contribution is 2.29. The minimum Gasteiger partial charge on any atom is -0.334 e. The monoisotopic (exact) mass is 380 g/mol. The van der Waals surface area contributed by atoms with E-state index in [4.69, 9.17) is 0 Å². The number of benzene rings is 1. The van der Waals surface area contributed by atoms with Crippen LogP contribution in [0.2, 0.25) is 0 Å². The summed E-state index contributed by atoms with van der Waals surface area (Å²) in [7, 11) is 0. The van der Waals surface area contributed by atoms with E-state index in [-0.39, 0.29) is 5.91 Å². The topological polar surface area (TPSA) is 50.2 Å². The zero-order valence-corrected chi connectivity index (χ0v) is 16.3. The molecule has 0 aliphatic carbocycles. The number of hydrogen-bond acceptors (Lipinski definition) is 4. The van der Waals surface area contributed by atoms with Gasteiger partial charge in [-0.3, -0.25) is 4.79 Å². The normalized spacial score (nSPS) is 16.6. The van der Waals surface area contributed by atoms with Crippen molar-refractivity contribution in [2.24, 2.45) is 0 Å². The fraction of sp³-hybridized carbons (Fsp3) is 0.333. The summed E-state index contributed by atoms with van der Waals surface area (Å²) < 4.78 is 1.87. The first-order chi connectivity index (χ1) is 13.3. The van der Waals surface area contributed by atoms with Crippen molar-refractivity contribution in [2.45, 2.75) is 25.8 Å². The Balaban J connectivity index is 1.54. The largest absolute Gasteiger partial charge is 0.334 e. The fourth-order valence-corrected chi connectivity index (χ4v) is 4.39. The number of nitrogens with one attached hydrogen (secondary N) is 1. The Labute approximate surface area is 163 Å². The van der Waals surface area contributed by atoms with Crippen LogP contribution in [0.25, 0.3) is 16.1 Å². The zero-order valence-electron chi connectivity index (χ0n) is 15.5. The average Bonchev–Trinajstić information content (AvgIpc) is 3.47. The summed E-state index contributed by atoms with van der Waals surface area (Å²) >= 11 is 1.60. The quantitative estimate of drug-likeness (QED) is 0.707. The second-order valence-corrected chi connectivity index (χ2v) is 7.77. The number of carbonyl (C=O) groups excluding carboxylic acids is 1. The molecule has 1 aliphatic heterocycles. The molecule has 1 fully saturated rings. The van der Waals surface area contributed by atoms with Gasteiger partial charge in [-0.15, -0.1) is 11.3 Å². The molecular formula is C21H24N4OS. The second kappa shape index (κ2) is 8.06. The molecule has 0 saturated carbocycles. The van der Waals surface area contributed by atoms with Crippen LogP contribution >= 0.6 is 11.3 Å². The van der Waals surface area contributed by atoms with Gasteiger partial charge in [0.25, 0.3) is 5.91 Å². The number of aromatic nitrogens is 2. The Morgan fingerprint density at radius 1 is 1.37 bits per heavy atom. The van der Waals surface area contributed by atoms with E-state index in [0.717, 1.165) is 54.2 Å². The number of amides is 1. The highest BCUT2D eigenvalue weighted by Gasteiger charge is 2.27. The van der Waals surface area contributed by atoms with Gasteiger partial charge in [-0.25, -0.2) is 4.68 Å². The van der Waals surface area contributed by atoms with Gasteiger partial charge in [0.05, 0.1) is 17.4 Å². The number of carbonyl (C=O) groups is 1. The smallest absolute Gasteiger partial charge is 0.255 e. The SMILES string of the molecule is CCCN(C(=O)c1csc(-c2cnn(-c3ccccc3)c2)c1)[C@@H]1CCNC1. The Kier molecular flexibility index (Phi) is 5.36. The van der Waals surface area contributed by atoms with Gasteiger partial charge in [-0.2, -0.15) is 5.10 Å². The molecule has 140 valence electrons. The number of rotatable bonds is 6. The molecule has 1 aliphatic rings. The first kappa shape index (κ1) is 17.9. The molecule has 1 saturated heterocycles. The van der Waals surface area contributed by atoms with Crippen LogP contribution in [0.5, 0.6) is 0 Å². The molecule has 1 atom stereocenters. The van der Waals surface area contributed by atoms with E-state index in [1.807, 2.05) is 63.8 Å². The molecule has 0 bridgehead atoms. The van der Waals surface area contributed by atoms with Gasteiger partial charge in [0.1, 0.15) is 0 Å². The lowest BCUT2D eigenvalue weighted by molar-refractivity contribution is 0.0693. The molecule has 0 radical (unpaired) electrons. The number of thiophene rings is 1. The van der Waals surface area contributed by atoms with E-state index in [2.05, 4.69) is 17.3 Å². The molecule has 3 aromatic rings. The number of hydrogen-bond donors (Lipinski definition) is 1. The van der Waals surface area contributed by atoms with E-state index in [1.54, 1.807) is 11.3 Å². The summed E-state index contributed by atoms with van der Waals surface area (Å²) in [6.07, 6.45) is 5.88. The Hall–Kier alpha value is -2.44. The highest BCUT2D eigenvalue weighted by atomic mass is 32.1. The van der Waals surface area contributed by atoms with Crippen molar-refractivity contribution in [2.75, 3.05) is 19.6 Å². The lowest BCUT2D eigenvalue weighted by Gasteiger charge is -2.27. The standard InChI is InChI=1S/C21H24N4OS/c1-2-10-24(19-8-9-22-13-19)21(26)16-11-20(27-15-16)17-12-23-25(14-17)18-6-4-3-5-7-18/h3-7,11-12,14-15,19,22H,2,8-10,13H2,1H3/t19-/m1/s1. The predicted octanol–water partition coefficient (Wildman–Crippen LogP) is 3.81. The van der Waals surface area contributed by atoms with Gasteiger partial charge in [-0.1, -0.05) is 25.1 Å². The van der Waals surface area contributed by atoms with Crippen LogP contribution in [-0.4, -0.2) is 46.3 Å². The van der Waals surface area contributed by atoms with Crippen LogP contribution in [0.3, 0.4) is 0 Å². The molecule has 6 heteroatoms. The first-order valence-corrected chi connectivity index (χ1v) is 10.3. The van der Waals surface area contributed by atoms with Gasteiger partial charge in [-0.05, 0) is 37.6 Å². The Bertz CT molecular complexity index is 896. The van der Waals surface area contributed by atoms with E-state index in [1.165, 1.54) is 0 Å². The maximum atomic E-state index is 13.1. The Morgan fingerprint density at radius 3 is 2.96 bits per heavy atom. The van der Waals surface area contributed by atoms with Crippen LogP contribution < -0.4 is 5.32 Å². The minimum atomic E-state index is 0.142. The Morgan fingerprint density at radius 2 is 2.22 bits per heavy atom. The van der Waals surface area contributed by atoms with E-state index < -0.39 is 0 Å². The van der Waals surface area contributed by atoms with Crippen LogP contribution in [-0.2, 0) is 0 Å². The summed E-state index contributed by atoms with van der Waals surface area (Å²) in [6.45, 7) is 4.82. The molecule has 5 nitrogen and oxygen atoms in total. The maximum absolute atomic E-state index is 13.1. The average molecular weight is 381 g/mol. The van der Waals surface area contributed by atoms with Crippen LogP contribution in [0.15, 0.2) is 54.2 Å². The van der Waals surface area contributed by atoms with Gasteiger partial charge in [0, 0.05) is 41.1 Å². The number of para-hydroxylation sites is 1. The van der Waals surface area contributed by atoms with Crippen LogP contribution in [0.1, 0.15) is 30.1 Å². The molecule has 2 aromatic heterocycles. The van der Waals surface area contributed by atoms with E-state index in [9.17, 15) is 4.79 Å². The maximum Gasteiger partial charge on any atom is 0.255 e. The molecule has 4 rings (SSSR count). The highest BCUT2D eigenvalue weighted by molar-refractivity contribution is 7.13. The molecule has 27 heavy (non-hydrogen) atoms. The molecule has 0 spiro atoms. The first-order valence-electron chi connectivity index (χ1n) is 9.47. The summed E-state index contributed by atoms with van der Waals surface area (Å²) in [5.41, 5.74) is 2.84. The van der Waals surface area contributed by atoms with Crippen LogP contribution in [0.4, 0.5) is 0 Å². The van der Waals surface area contributed by atoms with E-state index in [0.29, 0.717) is 6.04 Å². The molecule has 3 heterocycles. The number of nitrogens with zero attached hydrogens (tertiary/aromatic N) is 3. The zero-order chi connectivity index (χ0) is 18.6. The van der Waals surface area contributed by atoms with Crippen molar-refractivity contribution in [3.05, 3.63) is 59.7 Å². The summed E-state index contributed by atoms with van der Waals surface area (Å²) in [4.78, 5) is 16.2. The molecule has 1 N–H and O–H groups in total. The molecule has 0 unspecified atom stereocenters. The van der Waals surface area contributed by atoms with Gasteiger partial charge in [0.2, 0.25) is 0 Å². The third-order valence-electron chi connectivity index (χ3n) is 4.93. The van der Waals surface area contributed by atoms with Crippen LogP contribution in [0, 0.1) is 0 Å². The summed E-state index contributed by atoms with van der Waals surface area (Å²) in [5, 5.41) is 9.80.